The molecular weight excluding hydrogens is 188 g/mol. The van der Waals surface area contributed by atoms with Crippen LogP contribution in [0.1, 0.15) is 26.7 Å². The lowest BCUT2D eigenvalue weighted by atomic mass is 9.97. The van der Waals surface area contributed by atoms with Gasteiger partial charge in [-0.3, -0.25) is 0 Å². The van der Waals surface area contributed by atoms with Gasteiger partial charge < -0.3 is 15.3 Å². The van der Waals surface area contributed by atoms with E-state index in [0.29, 0.717) is 12.0 Å². The van der Waals surface area contributed by atoms with E-state index in [9.17, 15) is 0 Å². The van der Waals surface area contributed by atoms with Crippen molar-refractivity contribution >= 4 is 0 Å². The van der Waals surface area contributed by atoms with E-state index in [1.807, 2.05) is 0 Å². The molecule has 90 valence electrons. The van der Waals surface area contributed by atoms with Crippen LogP contribution in [0, 0.1) is 11.8 Å². The highest BCUT2D eigenvalue weighted by atomic mass is 16.3. The van der Waals surface area contributed by atoms with Gasteiger partial charge in [-0.25, -0.2) is 0 Å². The number of aliphatic hydroxyl groups excluding tert-OH is 1. The highest BCUT2D eigenvalue weighted by Gasteiger charge is 2.18. The van der Waals surface area contributed by atoms with Crippen molar-refractivity contribution in [3.05, 3.63) is 0 Å². The van der Waals surface area contributed by atoms with Gasteiger partial charge in [-0.1, -0.05) is 6.92 Å². The van der Waals surface area contributed by atoms with Crippen LogP contribution in [-0.4, -0.2) is 49.3 Å². The van der Waals surface area contributed by atoms with Crippen molar-refractivity contribution in [2.24, 2.45) is 11.8 Å². The normalized spacial score (nSPS) is 27.6. The molecule has 1 aliphatic rings. The van der Waals surface area contributed by atoms with Gasteiger partial charge in [0, 0.05) is 19.2 Å². The predicted molar refractivity (Wildman–Crippen MR) is 63.9 cm³/mol. The van der Waals surface area contributed by atoms with E-state index >= 15 is 0 Å². The average Bonchev–Trinajstić information content (AvgIpc) is 2.25. The second-order valence-electron chi connectivity index (χ2n) is 5.13. The Morgan fingerprint density at radius 3 is 2.80 bits per heavy atom. The van der Waals surface area contributed by atoms with Crippen LogP contribution in [0.25, 0.3) is 0 Å². The zero-order valence-corrected chi connectivity index (χ0v) is 10.4. The van der Waals surface area contributed by atoms with Gasteiger partial charge in [0.2, 0.25) is 0 Å². The summed E-state index contributed by atoms with van der Waals surface area (Å²) >= 11 is 0. The van der Waals surface area contributed by atoms with Crippen LogP contribution in [0.3, 0.4) is 0 Å². The molecule has 0 aromatic rings. The van der Waals surface area contributed by atoms with Crippen molar-refractivity contribution < 1.29 is 5.11 Å². The van der Waals surface area contributed by atoms with E-state index < -0.39 is 0 Å². The number of piperidine rings is 1. The fourth-order valence-corrected chi connectivity index (χ4v) is 2.15. The molecular formula is C12H26N2O. The molecule has 1 rings (SSSR count). The highest BCUT2D eigenvalue weighted by molar-refractivity contribution is 4.75. The van der Waals surface area contributed by atoms with E-state index in [-0.39, 0.29) is 6.61 Å². The Balaban J connectivity index is 2.18. The number of nitrogens with zero attached hydrogens (tertiary/aromatic N) is 1. The first-order chi connectivity index (χ1) is 7.13. The van der Waals surface area contributed by atoms with Crippen molar-refractivity contribution in [1.29, 1.82) is 0 Å². The zero-order valence-electron chi connectivity index (χ0n) is 10.4. The molecule has 0 amide bonds. The quantitative estimate of drug-likeness (QED) is 0.715. The Morgan fingerprint density at radius 2 is 2.20 bits per heavy atom. The molecule has 1 aliphatic heterocycles. The van der Waals surface area contributed by atoms with Gasteiger partial charge in [-0.15, -0.1) is 0 Å². The predicted octanol–water partition coefficient (Wildman–Crippen LogP) is 0.935. The number of aliphatic hydroxyl groups is 1. The minimum Gasteiger partial charge on any atom is -0.396 e. The third-order valence-electron chi connectivity index (χ3n) is 3.59. The molecule has 1 saturated heterocycles. The Morgan fingerprint density at radius 1 is 1.47 bits per heavy atom. The summed E-state index contributed by atoms with van der Waals surface area (Å²) in [5.41, 5.74) is 0. The summed E-state index contributed by atoms with van der Waals surface area (Å²) < 4.78 is 0. The first-order valence-electron chi connectivity index (χ1n) is 6.16. The van der Waals surface area contributed by atoms with E-state index in [0.717, 1.165) is 12.5 Å². The maximum atomic E-state index is 9.04. The molecule has 0 saturated carbocycles. The van der Waals surface area contributed by atoms with E-state index in [1.165, 1.54) is 25.9 Å². The second kappa shape index (κ2) is 6.46. The molecule has 0 aliphatic carbocycles. The first kappa shape index (κ1) is 12.9. The maximum Gasteiger partial charge on any atom is 0.0471 e. The number of hydrogen-bond donors (Lipinski definition) is 2. The van der Waals surface area contributed by atoms with Crippen molar-refractivity contribution in [3.63, 3.8) is 0 Å². The van der Waals surface area contributed by atoms with Crippen LogP contribution < -0.4 is 5.32 Å². The molecule has 1 heterocycles. The Kier molecular flexibility index (Phi) is 5.58. The van der Waals surface area contributed by atoms with Gasteiger partial charge in [0.25, 0.3) is 0 Å². The molecule has 15 heavy (non-hydrogen) atoms. The fraction of sp³-hybridized carbons (Fsp3) is 1.00. The van der Waals surface area contributed by atoms with Gasteiger partial charge >= 0.3 is 0 Å². The molecule has 0 aromatic carbocycles. The van der Waals surface area contributed by atoms with Crippen molar-refractivity contribution in [1.82, 2.24) is 10.2 Å². The highest BCUT2D eigenvalue weighted by Crippen LogP contribution is 2.14. The largest absolute Gasteiger partial charge is 0.396 e. The van der Waals surface area contributed by atoms with Gasteiger partial charge in [0.1, 0.15) is 0 Å². The SMILES string of the molecule is CC(CO)C(C)NCC1CCCN(C)C1. The third kappa shape index (κ3) is 4.49. The minimum absolute atomic E-state index is 0.277. The van der Waals surface area contributed by atoms with Crippen LogP contribution in [0.2, 0.25) is 0 Å². The molecule has 3 atom stereocenters. The van der Waals surface area contributed by atoms with Crippen molar-refractivity contribution in [2.75, 3.05) is 33.3 Å². The van der Waals surface area contributed by atoms with Crippen molar-refractivity contribution in [2.45, 2.75) is 32.7 Å². The standard InChI is InChI=1S/C12H26N2O/c1-10(9-15)11(2)13-7-12-5-4-6-14(3)8-12/h10-13,15H,4-9H2,1-3H3. The van der Waals surface area contributed by atoms with Gasteiger partial charge in [-0.05, 0) is 51.7 Å². The summed E-state index contributed by atoms with van der Waals surface area (Å²) in [6.45, 7) is 8.08. The number of likely N-dealkylation sites (tertiary alicyclic amines) is 1. The smallest absolute Gasteiger partial charge is 0.0471 e. The van der Waals surface area contributed by atoms with Crippen LogP contribution in [0.4, 0.5) is 0 Å². The Labute approximate surface area is 93.9 Å². The molecule has 0 bridgehead atoms. The summed E-state index contributed by atoms with van der Waals surface area (Å²) in [6, 6.07) is 0.419. The number of rotatable bonds is 5. The lowest BCUT2D eigenvalue weighted by Gasteiger charge is -2.31. The van der Waals surface area contributed by atoms with Crippen molar-refractivity contribution in [3.8, 4) is 0 Å². The molecule has 2 N–H and O–H groups in total. The Bertz CT molecular complexity index is 175. The van der Waals surface area contributed by atoms with Gasteiger partial charge in [-0.2, -0.15) is 0 Å². The molecule has 1 fully saturated rings. The summed E-state index contributed by atoms with van der Waals surface area (Å²) in [5.74, 6) is 1.14. The molecule has 0 aromatic heterocycles. The summed E-state index contributed by atoms with van der Waals surface area (Å²) in [5, 5.41) is 12.6. The van der Waals surface area contributed by atoms with Crippen LogP contribution in [-0.2, 0) is 0 Å². The third-order valence-corrected chi connectivity index (χ3v) is 3.59. The second-order valence-corrected chi connectivity index (χ2v) is 5.13. The molecule has 3 unspecified atom stereocenters. The molecule has 0 radical (unpaired) electrons. The maximum absolute atomic E-state index is 9.04. The van der Waals surface area contributed by atoms with Crippen LogP contribution in [0.5, 0.6) is 0 Å². The average molecular weight is 214 g/mol. The summed E-state index contributed by atoms with van der Waals surface area (Å²) in [6.07, 6.45) is 2.67. The van der Waals surface area contributed by atoms with E-state index in [4.69, 9.17) is 5.11 Å². The lowest BCUT2D eigenvalue weighted by molar-refractivity contribution is 0.181. The van der Waals surface area contributed by atoms with Crippen LogP contribution in [0.15, 0.2) is 0 Å². The molecule has 0 spiro atoms. The number of nitrogens with one attached hydrogen (secondary N) is 1. The summed E-state index contributed by atoms with van der Waals surface area (Å²) in [4.78, 5) is 2.41. The van der Waals surface area contributed by atoms with E-state index in [2.05, 4.69) is 31.1 Å². The Hall–Kier alpha value is -0.120. The number of hydrogen-bond acceptors (Lipinski definition) is 3. The van der Waals surface area contributed by atoms with E-state index in [1.54, 1.807) is 0 Å². The fourth-order valence-electron chi connectivity index (χ4n) is 2.15. The zero-order chi connectivity index (χ0) is 11.3. The minimum atomic E-state index is 0.277. The molecule has 3 nitrogen and oxygen atoms in total. The lowest BCUT2D eigenvalue weighted by Crippen LogP contribution is -2.42. The summed E-state index contributed by atoms with van der Waals surface area (Å²) in [7, 11) is 2.20. The van der Waals surface area contributed by atoms with Gasteiger partial charge in [0.15, 0.2) is 0 Å². The monoisotopic (exact) mass is 214 g/mol. The molecule has 3 heteroatoms. The van der Waals surface area contributed by atoms with Crippen LogP contribution >= 0.6 is 0 Å². The topological polar surface area (TPSA) is 35.5 Å². The first-order valence-corrected chi connectivity index (χ1v) is 6.16. The van der Waals surface area contributed by atoms with Gasteiger partial charge in [0.05, 0.1) is 0 Å².